The monoisotopic (exact) mass is 338 g/mol. The van der Waals surface area contributed by atoms with Crippen LogP contribution in [-0.2, 0) is 12.8 Å². The van der Waals surface area contributed by atoms with E-state index in [4.69, 9.17) is 4.74 Å². The molecule has 1 unspecified atom stereocenters. The summed E-state index contributed by atoms with van der Waals surface area (Å²) in [5.41, 5.74) is 2.76. The lowest BCUT2D eigenvalue weighted by atomic mass is 9.95. The molecule has 102 valence electrons. The molecule has 1 heterocycles. The van der Waals surface area contributed by atoms with Gasteiger partial charge in [0.15, 0.2) is 0 Å². The van der Waals surface area contributed by atoms with Gasteiger partial charge < -0.3 is 4.74 Å². The van der Waals surface area contributed by atoms with Gasteiger partial charge in [0.1, 0.15) is 5.75 Å². The molecule has 0 N–H and O–H groups in total. The van der Waals surface area contributed by atoms with E-state index in [1.165, 1.54) is 17.5 Å². The van der Waals surface area contributed by atoms with E-state index in [9.17, 15) is 0 Å². The minimum Gasteiger partial charge on any atom is -0.496 e. The first-order valence-electron chi connectivity index (χ1n) is 6.52. The fourth-order valence-electron chi connectivity index (χ4n) is 2.22. The highest BCUT2D eigenvalue weighted by atomic mass is 79.9. The van der Waals surface area contributed by atoms with Crippen molar-refractivity contribution in [3.63, 3.8) is 0 Å². The van der Waals surface area contributed by atoms with E-state index in [1.54, 1.807) is 18.4 Å². The lowest BCUT2D eigenvalue weighted by Crippen LogP contribution is -2.08. The molecule has 19 heavy (non-hydrogen) atoms. The second-order valence-corrected chi connectivity index (χ2v) is 6.13. The largest absolute Gasteiger partial charge is 0.496 e. The van der Waals surface area contributed by atoms with Crippen LogP contribution in [0.5, 0.6) is 5.75 Å². The number of halogens is 1. The third-order valence-corrected chi connectivity index (χ3v) is 4.99. The number of alkyl halides is 1. The van der Waals surface area contributed by atoms with E-state index in [-0.39, 0.29) is 0 Å². The standard InChI is InChI=1S/C16H19BrOS/c1-18-16-5-3-2-4-15(16)10-14(11-17)7-6-13-8-9-19-12-13/h2-5,8-9,12,14H,6-7,10-11H2,1H3. The van der Waals surface area contributed by atoms with Crippen molar-refractivity contribution < 1.29 is 4.74 Å². The Kier molecular flexibility index (Phi) is 5.93. The number of hydrogen-bond acceptors (Lipinski definition) is 2. The number of aryl methyl sites for hydroxylation is 1. The Bertz CT molecular complexity index is 481. The second-order valence-electron chi connectivity index (χ2n) is 4.71. The van der Waals surface area contributed by atoms with Crippen LogP contribution in [0.1, 0.15) is 17.5 Å². The van der Waals surface area contributed by atoms with Gasteiger partial charge in [0.05, 0.1) is 7.11 Å². The van der Waals surface area contributed by atoms with E-state index >= 15 is 0 Å². The van der Waals surface area contributed by atoms with Crippen LogP contribution in [0.4, 0.5) is 0 Å². The molecule has 3 heteroatoms. The van der Waals surface area contributed by atoms with Crippen molar-refractivity contribution in [1.82, 2.24) is 0 Å². The number of methoxy groups -OCH3 is 1. The Morgan fingerprint density at radius 3 is 2.79 bits per heavy atom. The molecule has 0 amide bonds. The highest BCUT2D eigenvalue weighted by molar-refractivity contribution is 9.09. The van der Waals surface area contributed by atoms with Crippen LogP contribution in [0.15, 0.2) is 41.1 Å². The summed E-state index contributed by atoms with van der Waals surface area (Å²) in [5.74, 6) is 1.65. The zero-order chi connectivity index (χ0) is 13.5. The lowest BCUT2D eigenvalue weighted by molar-refractivity contribution is 0.404. The zero-order valence-electron chi connectivity index (χ0n) is 11.1. The maximum absolute atomic E-state index is 5.43. The predicted molar refractivity (Wildman–Crippen MR) is 86.6 cm³/mol. The summed E-state index contributed by atoms with van der Waals surface area (Å²) in [5, 5.41) is 5.43. The summed E-state index contributed by atoms with van der Waals surface area (Å²) in [6, 6.07) is 10.5. The van der Waals surface area contributed by atoms with Crippen LogP contribution in [-0.4, -0.2) is 12.4 Å². The lowest BCUT2D eigenvalue weighted by Gasteiger charge is -2.15. The Labute approximate surface area is 127 Å². The minimum absolute atomic E-state index is 0.649. The van der Waals surface area contributed by atoms with Gasteiger partial charge in [0.25, 0.3) is 0 Å². The van der Waals surface area contributed by atoms with Gasteiger partial charge in [-0.15, -0.1) is 0 Å². The van der Waals surface area contributed by atoms with Crippen LogP contribution in [0.3, 0.4) is 0 Å². The number of rotatable bonds is 7. The molecule has 0 saturated heterocycles. The highest BCUT2D eigenvalue weighted by Gasteiger charge is 2.11. The molecule has 0 radical (unpaired) electrons. The molecular formula is C16H19BrOS. The summed E-state index contributed by atoms with van der Waals surface area (Å²) in [6.45, 7) is 0. The predicted octanol–water partition coefficient (Wildman–Crippen LogP) is 4.94. The van der Waals surface area contributed by atoms with Gasteiger partial charge in [-0.3, -0.25) is 0 Å². The third-order valence-electron chi connectivity index (χ3n) is 3.34. The Morgan fingerprint density at radius 1 is 1.26 bits per heavy atom. The summed E-state index contributed by atoms with van der Waals surface area (Å²) in [4.78, 5) is 0. The molecule has 1 aromatic carbocycles. The molecule has 0 spiro atoms. The van der Waals surface area contributed by atoms with Crippen molar-refractivity contribution in [3.8, 4) is 5.75 Å². The van der Waals surface area contributed by atoms with Crippen LogP contribution in [0.2, 0.25) is 0 Å². The first kappa shape index (κ1) is 14.6. The second kappa shape index (κ2) is 7.71. The van der Waals surface area contributed by atoms with Gasteiger partial charge in [0.2, 0.25) is 0 Å². The van der Waals surface area contributed by atoms with E-state index in [2.05, 4.69) is 44.9 Å². The van der Waals surface area contributed by atoms with Gasteiger partial charge >= 0.3 is 0 Å². The summed E-state index contributed by atoms with van der Waals surface area (Å²) in [7, 11) is 1.74. The van der Waals surface area contributed by atoms with Crippen LogP contribution in [0, 0.1) is 5.92 Å². The quantitative estimate of drug-likeness (QED) is 0.649. The summed E-state index contributed by atoms with van der Waals surface area (Å²) < 4.78 is 5.43. The fourth-order valence-corrected chi connectivity index (χ4v) is 3.48. The Balaban J connectivity index is 1.94. The summed E-state index contributed by atoms with van der Waals surface area (Å²) >= 11 is 5.42. The van der Waals surface area contributed by atoms with Gasteiger partial charge in [0, 0.05) is 5.33 Å². The molecule has 0 bridgehead atoms. The molecule has 1 atom stereocenters. The molecule has 1 aromatic heterocycles. The Hall–Kier alpha value is -0.800. The van der Waals surface area contributed by atoms with Crippen LogP contribution < -0.4 is 4.74 Å². The normalized spacial score (nSPS) is 12.3. The number of hydrogen-bond donors (Lipinski definition) is 0. The summed E-state index contributed by atoms with van der Waals surface area (Å²) in [6.07, 6.45) is 3.44. The first-order valence-corrected chi connectivity index (χ1v) is 8.59. The van der Waals surface area contributed by atoms with Crippen molar-refractivity contribution in [3.05, 3.63) is 52.2 Å². The van der Waals surface area contributed by atoms with Crippen molar-refractivity contribution in [1.29, 1.82) is 0 Å². The maximum atomic E-state index is 5.43. The van der Waals surface area contributed by atoms with Gasteiger partial charge in [-0.25, -0.2) is 0 Å². The number of para-hydroxylation sites is 1. The van der Waals surface area contributed by atoms with E-state index in [0.29, 0.717) is 5.92 Å². The number of thiophene rings is 1. The van der Waals surface area contributed by atoms with Crippen LogP contribution in [0.25, 0.3) is 0 Å². The molecule has 2 rings (SSSR count). The molecule has 1 nitrogen and oxygen atoms in total. The van der Waals surface area contributed by atoms with Gasteiger partial charge in [-0.2, -0.15) is 11.3 Å². The fraction of sp³-hybridized carbons (Fsp3) is 0.375. The zero-order valence-corrected chi connectivity index (χ0v) is 13.5. The average molecular weight is 339 g/mol. The van der Waals surface area contributed by atoms with Gasteiger partial charge in [-0.05, 0) is 59.2 Å². The van der Waals surface area contributed by atoms with E-state index < -0.39 is 0 Å². The van der Waals surface area contributed by atoms with Crippen molar-refractivity contribution in [2.24, 2.45) is 5.92 Å². The average Bonchev–Trinajstić information content (AvgIpc) is 2.97. The minimum atomic E-state index is 0.649. The van der Waals surface area contributed by atoms with E-state index in [1.807, 2.05) is 12.1 Å². The number of benzene rings is 1. The molecule has 0 aliphatic rings. The molecule has 0 aliphatic carbocycles. The van der Waals surface area contributed by atoms with E-state index in [0.717, 1.165) is 23.9 Å². The van der Waals surface area contributed by atoms with Crippen molar-refractivity contribution in [2.75, 3.05) is 12.4 Å². The molecule has 0 aliphatic heterocycles. The third kappa shape index (κ3) is 4.36. The maximum Gasteiger partial charge on any atom is 0.122 e. The number of ether oxygens (including phenoxy) is 1. The molecule has 0 fully saturated rings. The topological polar surface area (TPSA) is 9.23 Å². The van der Waals surface area contributed by atoms with Gasteiger partial charge in [-0.1, -0.05) is 34.1 Å². The first-order chi connectivity index (χ1) is 9.33. The SMILES string of the molecule is COc1ccccc1CC(CBr)CCc1ccsc1. The smallest absolute Gasteiger partial charge is 0.122 e. The highest BCUT2D eigenvalue weighted by Crippen LogP contribution is 2.24. The molecule has 0 saturated carbocycles. The van der Waals surface area contributed by atoms with Crippen LogP contribution >= 0.6 is 27.3 Å². The Morgan fingerprint density at radius 2 is 2.11 bits per heavy atom. The molecule has 2 aromatic rings. The van der Waals surface area contributed by atoms with Crippen molar-refractivity contribution >= 4 is 27.3 Å². The molecular weight excluding hydrogens is 320 g/mol. The van der Waals surface area contributed by atoms with Crippen molar-refractivity contribution in [2.45, 2.75) is 19.3 Å².